The van der Waals surface area contributed by atoms with Crippen LogP contribution in [0.1, 0.15) is 28.6 Å². The number of sulfone groups is 1. The van der Waals surface area contributed by atoms with Crippen LogP contribution < -0.4 is 4.90 Å². The van der Waals surface area contributed by atoms with Gasteiger partial charge in [-0.2, -0.15) is 0 Å². The number of hydrogen-bond acceptors (Lipinski definition) is 4. The van der Waals surface area contributed by atoms with Crippen LogP contribution >= 0.6 is 11.3 Å². The number of benzene rings is 2. The second-order valence-corrected chi connectivity index (χ2v) is 9.66. The highest BCUT2D eigenvalue weighted by atomic mass is 32.2. The summed E-state index contributed by atoms with van der Waals surface area (Å²) in [6.07, 6.45) is 0.741. The number of hydrogen-bond donors (Lipinski definition) is 0. The van der Waals surface area contributed by atoms with Gasteiger partial charge in [-0.25, -0.2) is 12.8 Å². The zero-order chi connectivity index (χ0) is 19.9. The van der Waals surface area contributed by atoms with Crippen LogP contribution in [0.5, 0.6) is 0 Å². The minimum Gasteiger partial charge on any atom is -0.308 e. The van der Waals surface area contributed by atoms with Gasteiger partial charge in [0.1, 0.15) is 5.82 Å². The fourth-order valence-electron chi connectivity index (χ4n) is 3.40. The zero-order valence-corrected chi connectivity index (χ0v) is 16.8. The summed E-state index contributed by atoms with van der Waals surface area (Å²) in [4.78, 5) is 16.4. The van der Waals surface area contributed by atoms with Crippen molar-refractivity contribution in [3.63, 3.8) is 0 Å². The van der Waals surface area contributed by atoms with Crippen LogP contribution in [0.15, 0.2) is 59.5 Å². The summed E-state index contributed by atoms with van der Waals surface area (Å²) in [6, 6.07) is 14.4. The van der Waals surface area contributed by atoms with Gasteiger partial charge in [0.2, 0.25) is 0 Å². The minimum atomic E-state index is -3.42. The first-order chi connectivity index (χ1) is 13.4. The van der Waals surface area contributed by atoms with Gasteiger partial charge in [0.25, 0.3) is 5.91 Å². The molecule has 0 fully saturated rings. The largest absolute Gasteiger partial charge is 0.308 e. The molecule has 3 aromatic rings. The van der Waals surface area contributed by atoms with Crippen molar-refractivity contribution in [3.05, 3.63) is 70.9 Å². The molecule has 2 aromatic carbocycles. The first-order valence-electron chi connectivity index (χ1n) is 8.93. The predicted octanol–water partition coefficient (Wildman–Crippen LogP) is 4.90. The van der Waals surface area contributed by atoms with Crippen LogP contribution in [0.4, 0.5) is 10.1 Å². The molecule has 0 saturated carbocycles. The van der Waals surface area contributed by atoms with Gasteiger partial charge in [0.15, 0.2) is 9.84 Å². The lowest BCUT2D eigenvalue weighted by molar-refractivity contribution is 0.0990. The summed E-state index contributed by atoms with van der Waals surface area (Å²) in [5, 5.41) is 0. The molecule has 0 atom stereocenters. The number of anilines is 1. The second kappa shape index (κ2) is 7.14. The molecule has 0 radical (unpaired) electrons. The van der Waals surface area contributed by atoms with Crippen molar-refractivity contribution in [3.8, 4) is 10.4 Å². The highest BCUT2D eigenvalue weighted by Crippen LogP contribution is 2.43. The van der Waals surface area contributed by atoms with E-state index in [1.807, 2.05) is 6.92 Å². The van der Waals surface area contributed by atoms with Gasteiger partial charge in [-0.3, -0.25) is 4.79 Å². The summed E-state index contributed by atoms with van der Waals surface area (Å²) in [7, 11) is -3.42. The molecule has 0 saturated heterocycles. The Hall–Kier alpha value is -2.51. The fraction of sp³-hybridized carbons (Fsp3) is 0.190. The molecule has 1 aromatic heterocycles. The Labute approximate surface area is 167 Å². The van der Waals surface area contributed by atoms with Crippen LogP contribution in [-0.4, -0.2) is 20.9 Å². The number of nitrogens with zero attached hydrogens (tertiary/aromatic N) is 1. The first kappa shape index (κ1) is 18.8. The van der Waals surface area contributed by atoms with E-state index < -0.39 is 9.84 Å². The van der Waals surface area contributed by atoms with Gasteiger partial charge in [-0.15, -0.1) is 11.3 Å². The monoisotopic (exact) mass is 415 g/mol. The van der Waals surface area contributed by atoms with E-state index in [9.17, 15) is 17.6 Å². The molecule has 0 bridgehead atoms. The topological polar surface area (TPSA) is 54.5 Å². The number of amides is 1. The van der Waals surface area contributed by atoms with Gasteiger partial charge in [0.05, 0.1) is 15.5 Å². The Balaban J connectivity index is 1.76. The molecule has 0 N–H and O–H groups in total. The van der Waals surface area contributed by atoms with Crippen molar-refractivity contribution in [1.29, 1.82) is 0 Å². The molecule has 4 rings (SSSR count). The van der Waals surface area contributed by atoms with Crippen LogP contribution in [0, 0.1) is 5.82 Å². The lowest BCUT2D eigenvalue weighted by Gasteiger charge is -2.21. The van der Waals surface area contributed by atoms with Gasteiger partial charge in [-0.1, -0.05) is 25.1 Å². The van der Waals surface area contributed by atoms with Gasteiger partial charge in [0, 0.05) is 22.7 Å². The molecule has 1 aliphatic heterocycles. The Kier molecular flexibility index (Phi) is 4.81. The number of rotatable bonds is 4. The lowest BCUT2D eigenvalue weighted by Crippen LogP contribution is -2.31. The predicted molar refractivity (Wildman–Crippen MR) is 109 cm³/mol. The lowest BCUT2D eigenvalue weighted by atomic mass is 10.1. The molecule has 2 heterocycles. The van der Waals surface area contributed by atoms with Crippen molar-refractivity contribution < 1.29 is 17.6 Å². The maximum absolute atomic E-state index is 13.3. The summed E-state index contributed by atoms with van der Waals surface area (Å²) in [5.41, 5.74) is 1.92. The average Bonchev–Trinajstić information content (AvgIpc) is 3.10. The fourth-order valence-corrected chi connectivity index (χ4v) is 6.31. The van der Waals surface area contributed by atoms with Crippen LogP contribution in [0.25, 0.3) is 10.4 Å². The third kappa shape index (κ3) is 3.25. The maximum Gasteiger partial charge on any atom is 0.268 e. The third-order valence-corrected chi connectivity index (χ3v) is 7.58. The van der Waals surface area contributed by atoms with Gasteiger partial charge >= 0.3 is 0 Å². The molecule has 7 heteroatoms. The smallest absolute Gasteiger partial charge is 0.268 e. The average molecular weight is 416 g/mol. The highest BCUT2D eigenvalue weighted by Gasteiger charge is 2.31. The van der Waals surface area contributed by atoms with E-state index in [1.54, 1.807) is 47.4 Å². The van der Waals surface area contributed by atoms with Crippen molar-refractivity contribution in [2.45, 2.75) is 24.0 Å². The number of fused-ring (bicyclic) bond motifs is 3. The van der Waals surface area contributed by atoms with E-state index in [0.717, 1.165) is 11.3 Å². The molecule has 1 amide bonds. The Morgan fingerprint density at radius 1 is 1.14 bits per heavy atom. The van der Waals surface area contributed by atoms with Crippen molar-refractivity contribution in [2.75, 3.05) is 11.4 Å². The van der Waals surface area contributed by atoms with Crippen molar-refractivity contribution >= 4 is 32.8 Å². The quantitative estimate of drug-likeness (QED) is 0.609. The second-order valence-electron chi connectivity index (χ2n) is 6.65. The summed E-state index contributed by atoms with van der Waals surface area (Å²) < 4.78 is 38.4. The minimum absolute atomic E-state index is 0.104. The van der Waals surface area contributed by atoms with E-state index in [2.05, 4.69) is 0 Å². The molecule has 4 nitrogen and oxygen atoms in total. The Morgan fingerprint density at radius 3 is 2.57 bits per heavy atom. The molecular formula is C21H18FNO3S2. The maximum atomic E-state index is 13.3. The molecule has 0 unspecified atom stereocenters. The normalized spacial score (nSPS) is 14.2. The molecule has 1 aliphatic rings. The summed E-state index contributed by atoms with van der Waals surface area (Å²) in [6.45, 7) is 2.45. The van der Waals surface area contributed by atoms with E-state index in [0.29, 0.717) is 33.1 Å². The van der Waals surface area contributed by atoms with Crippen LogP contribution in [-0.2, 0) is 15.6 Å². The standard InChI is InChI=1S/C21H18FNO3S2/c1-2-11-23(16-9-7-15(22)8-10-16)21(24)18-12-14-13-28(25,26)19-6-4-3-5-17(19)20(14)27-18/h3-10,12H,2,11,13H2,1H3. The number of carbonyl (C=O) groups excluding carboxylic acids is 1. The van der Waals surface area contributed by atoms with Crippen LogP contribution in [0.3, 0.4) is 0 Å². The van der Waals surface area contributed by atoms with Crippen molar-refractivity contribution in [2.24, 2.45) is 0 Å². The van der Waals surface area contributed by atoms with E-state index in [1.165, 1.54) is 23.5 Å². The third-order valence-electron chi connectivity index (χ3n) is 4.66. The number of carbonyl (C=O) groups is 1. The molecule has 0 spiro atoms. The zero-order valence-electron chi connectivity index (χ0n) is 15.2. The van der Waals surface area contributed by atoms with Crippen LogP contribution in [0.2, 0.25) is 0 Å². The number of halogens is 1. The first-order valence-corrected chi connectivity index (χ1v) is 11.4. The number of thiophene rings is 1. The van der Waals surface area contributed by atoms with Gasteiger partial charge in [-0.05, 0) is 48.4 Å². The van der Waals surface area contributed by atoms with E-state index in [-0.39, 0.29) is 17.5 Å². The molecule has 0 aliphatic carbocycles. The van der Waals surface area contributed by atoms with Gasteiger partial charge < -0.3 is 4.90 Å². The van der Waals surface area contributed by atoms with Crippen molar-refractivity contribution in [1.82, 2.24) is 0 Å². The SMILES string of the molecule is CCCN(C(=O)c1cc2c(s1)-c1ccccc1S(=O)(=O)C2)c1ccc(F)cc1. The highest BCUT2D eigenvalue weighted by molar-refractivity contribution is 7.91. The Bertz CT molecular complexity index is 1150. The van der Waals surface area contributed by atoms with E-state index in [4.69, 9.17) is 0 Å². The molecule has 144 valence electrons. The molecular weight excluding hydrogens is 397 g/mol. The molecule has 28 heavy (non-hydrogen) atoms. The van der Waals surface area contributed by atoms with E-state index >= 15 is 0 Å². The summed E-state index contributed by atoms with van der Waals surface area (Å²) in [5.74, 6) is -0.670. The summed E-state index contributed by atoms with van der Waals surface area (Å²) >= 11 is 1.31. The Morgan fingerprint density at radius 2 is 1.86 bits per heavy atom.